The van der Waals surface area contributed by atoms with Crippen molar-refractivity contribution in [2.24, 2.45) is 0 Å². The Labute approximate surface area is 132 Å². The van der Waals surface area contributed by atoms with Crippen molar-refractivity contribution < 1.29 is 22.8 Å². The summed E-state index contributed by atoms with van der Waals surface area (Å²) in [6.07, 6.45) is 0.813. The first-order valence-corrected chi connectivity index (χ1v) is 7.90. The highest BCUT2D eigenvalue weighted by Gasteiger charge is 2.15. The number of hydroxylamine groups is 1. The Morgan fingerprint density at radius 3 is 2.43 bits per heavy atom. The van der Waals surface area contributed by atoms with Crippen molar-refractivity contribution in [1.29, 1.82) is 0 Å². The minimum absolute atomic E-state index is 0.0905. The van der Waals surface area contributed by atoms with E-state index in [2.05, 4.69) is 4.72 Å². The molecule has 0 saturated carbocycles. The Bertz CT molecular complexity index is 836. The molecule has 0 spiro atoms. The van der Waals surface area contributed by atoms with Crippen molar-refractivity contribution in [1.82, 2.24) is 5.48 Å². The molecule has 0 bridgehead atoms. The Kier molecular flexibility index (Phi) is 5.09. The first-order chi connectivity index (χ1) is 10.9. The number of benzene rings is 2. The van der Waals surface area contributed by atoms with E-state index in [9.17, 15) is 17.6 Å². The smallest absolute Gasteiger partial charge is 0.288 e. The zero-order valence-corrected chi connectivity index (χ0v) is 12.5. The van der Waals surface area contributed by atoms with Gasteiger partial charge in [-0.2, -0.15) is 0 Å². The molecule has 0 atom stereocenters. The number of carbonyl (C=O) groups is 1. The molecule has 0 fully saturated rings. The summed E-state index contributed by atoms with van der Waals surface area (Å²) in [5, 5.41) is 8.34. The van der Waals surface area contributed by atoms with Crippen molar-refractivity contribution in [2.75, 3.05) is 4.72 Å². The number of hydrogen-bond acceptors (Lipinski definition) is 4. The summed E-state index contributed by atoms with van der Waals surface area (Å²) < 4.78 is 40.3. The SMILES string of the molecule is O=C(NO)/C(F)=C\c1cccc(S(=O)(=O)Nc2ccccc2)c1. The van der Waals surface area contributed by atoms with Gasteiger partial charge in [0.15, 0.2) is 5.83 Å². The van der Waals surface area contributed by atoms with Crippen LogP contribution in [-0.4, -0.2) is 19.5 Å². The topological polar surface area (TPSA) is 95.5 Å². The lowest BCUT2D eigenvalue weighted by Gasteiger charge is -2.08. The molecule has 3 N–H and O–H groups in total. The highest BCUT2D eigenvalue weighted by Crippen LogP contribution is 2.18. The molecule has 0 aromatic heterocycles. The van der Waals surface area contributed by atoms with E-state index in [1.54, 1.807) is 30.3 Å². The van der Waals surface area contributed by atoms with Crippen LogP contribution in [0.4, 0.5) is 10.1 Å². The van der Waals surface area contributed by atoms with Gasteiger partial charge in [0.25, 0.3) is 10.0 Å². The van der Waals surface area contributed by atoms with Crippen molar-refractivity contribution >= 4 is 27.7 Å². The van der Waals surface area contributed by atoms with Crippen LogP contribution in [0, 0.1) is 0 Å². The number of para-hydroxylation sites is 1. The van der Waals surface area contributed by atoms with Gasteiger partial charge in [-0.1, -0.05) is 30.3 Å². The van der Waals surface area contributed by atoms with E-state index in [0.717, 1.165) is 11.6 Å². The van der Waals surface area contributed by atoms with Gasteiger partial charge in [0, 0.05) is 5.69 Å². The van der Waals surface area contributed by atoms with Crippen molar-refractivity contribution in [3.63, 3.8) is 0 Å². The number of nitrogens with one attached hydrogen (secondary N) is 2. The van der Waals surface area contributed by atoms with Crippen LogP contribution in [0.1, 0.15) is 5.56 Å². The summed E-state index contributed by atoms with van der Waals surface area (Å²) in [4.78, 5) is 10.8. The maximum absolute atomic E-state index is 13.4. The molecule has 0 heterocycles. The fourth-order valence-electron chi connectivity index (χ4n) is 1.76. The molecule has 1 amide bonds. The average molecular weight is 336 g/mol. The van der Waals surface area contributed by atoms with E-state index >= 15 is 0 Å². The van der Waals surface area contributed by atoms with Crippen LogP contribution in [0.15, 0.2) is 65.3 Å². The zero-order chi connectivity index (χ0) is 16.9. The molecule has 8 heteroatoms. The molecule has 2 aromatic carbocycles. The molecule has 0 aliphatic rings. The largest absolute Gasteiger partial charge is 0.303 e. The lowest BCUT2D eigenvalue weighted by molar-refractivity contribution is -0.126. The van der Waals surface area contributed by atoms with Gasteiger partial charge in [-0.15, -0.1) is 0 Å². The van der Waals surface area contributed by atoms with Crippen LogP contribution in [-0.2, 0) is 14.8 Å². The second kappa shape index (κ2) is 7.03. The predicted molar refractivity (Wildman–Crippen MR) is 82.7 cm³/mol. The monoisotopic (exact) mass is 336 g/mol. The summed E-state index contributed by atoms with van der Waals surface area (Å²) in [6.45, 7) is 0. The fraction of sp³-hybridized carbons (Fsp3) is 0. The highest BCUT2D eigenvalue weighted by atomic mass is 32.2. The van der Waals surface area contributed by atoms with Crippen LogP contribution >= 0.6 is 0 Å². The van der Waals surface area contributed by atoms with E-state index in [0.29, 0.717) is 5.69 Å². The van der Waals surface area contributed by atoms with Crippen LogP contribution in [0.25, 0.3) is 6.08 Å². The van der Waals surface area contributed by atoms with E-state index in [-0.39, 0.29) is 10.5 Å². The maximum atomic E-state index is 13.4. The van der Waals surface area contributed by atoms with Crippen molar-refractivity contribution in [3.05, 3.63) is 66.0 Å². The van der Waals surface area contributed by atoms with Gasteiger partial charge in [0.05, 0.1) is 4.90 Å². The number of sulfonamides is 1. The number of carbonyl (C=O) groups excluding carboxylic acids is 1. The summed E-state index contributed by atoms with van der Waals surface area (Å²) in [5.74, 6) is -2.57. The highest BCUT2D eigenvalue weighted by molar-refractivity contribution is 7.92. The number of anilines is 1. The molecule has 23 heavy (non-hydrogen) atoms. The zero-order valence-electron chi connectivity index (χ0n) is 11.7. The minimum Gasteiger partial charge on any atom is -0.288 e. The molecule has 0 radical (unpaired) electrons. The average Bonchev–Trinajstić information content (AvgIpc) is 2.55. The normalized spacial score (nSPS) is 11.8. The summed E-state index contributed by atoms with van der Waals surface area (Å²) >= 11 is 0. The van der Waals surface area contributed by atoms with Gasteiger partial charge in [-0.05, 0) is 35.9 Å². The van der Waals surface area contributed by atoms with E-state index < -0.39 is 21.8 Å². The second-order valence-corrected chi connectivity index (χ2v) is 6.16. The van der Waals surface area contributed by atoms with E-state index in [1.807, 2.05) is 0 Å². The molecule has 120 valence electrons. The second-order valence-electron chi connectivity index (χ2n) is 4.48. The van der Waals surface area contributed by atoms with Crippen molar-refractivity contribution in [3.8, 4) is 0 Å². The predicted octanol–water partition coefficient (Wildman–Crippen LogP) is 2.30. The summed E-state index contributed by atoms with van der Waals surface area (Å²) in [7, 11) is -3.85. The van der Waals surface area contributed by atoms with Gasteiger partial charge in [-0.25, -0.2) is 18.3 Å². The molecule has 2 rings (SSSR count). The van der Waals surface area contributed by atoms with Gasteiger partial charge in [-0.3, -0.25) is 14.7 Å². The van der Waals surface area contributed by atoms with Crippen LogP contribution in [0.2, 0.25) is 0 Å². The molecule has 0 saturated heterocycles. The Morgan fingerprint density at radius 2 is 1.78 bits per heavy atom. The van der Waals surface area contributed by atoms with E-state index in [1.165, 1.54) is 24.3 Å². The quantitative estimate of drug-likeness (QED) is 0.443. The molecule has 0 aliphatic carbocycles. The molecule has 0 aliphatic heterocycles. The van der Waals surface area contributed by atoms with Gasteiger partial charge in [0.2, 0.25) is 0 Å². The van der Waals surface area contributed by atoms with Crippen LogP contribution in [0.3, 0.4) is 0 Å². The third-order valence-corrected chi connectivity index (χ3v) is 4.19. The van der Waals surface area contributed by atoms with Crippen LogP contribution in [0.5, 0.6) is 0 Å². The minimum atomic E-state index is -3.85. The molecular formula is C15H13FN2O4S. The van der Waals surface area contributed by atoms with Crippen molar-refractivity contribution in [2.45, 2.75) is 4.90 Å². The summed E-state index contributed by atoms with van der Waals surface area (Å²) in [6, 6.07) is 13.7. The number of hydrogen-bond donors (Lipinski definition) is 3. The molecular weight excluding hydrogens is 323 g/mol. The lowest BCUT2D eigenvalue weighted by Crippen LogP contribution is -2.18. The van der Waals surface area contributed by atoms with Gasteiger partial charge < -0.3 is 0 Å². The molecule has 6 nitrogen and oxygen atoms in total. The fourth-order valence-corrected chi connectivity index (χ4v) is 2.87. The first kappa shape index (κ1) is 16.7. The third-order valence-electron chi connectivity index (χ3n) is 2.81. The number of rotatable bonds is 5. The first-order valence-electron chi connectivity index (χ1n) is 6.42. The molecule has 2 aromatic rings. The van der Waals surface area contributed by atoms with Gasteiger partial charge in [0.1, 0.15) is 0 Å². The lowest BCUT2D eigenvalue weighted by atomic mass is 10.2. The maximum Gasteiger partial charge on any atom is 0.303 e. The standard InChI is InChI=1S/C15H13FN2O4S/c16-14(15(19)17-20)10-11-5-4-8-13(9-11)23(21,22)18-12-6-2-1-3-7-12/h1-10,18,20H,(H,17,19)/b14-10+. The number of halogens is 1. The summed E-state index contributed by atoms with van der Waals surface area (Å²) in [5.41, 5.74) is 1.69. The third kappa shape index (κ3) is 4.38. The van der Waals surface area contributed by atoms with Crippen LogP contribution < -0.4 is 10.2 Å². The molecule has 0 unspecified atom stereocenters. The Balaban J connectivity index is 2.30. The van der Waals surface area contributed by atoms with Gasteiger partial charge >= 0.3 is 5.91 Å². The Morgan fingerprint density at radius 1 is 1.09 bits per heavy atom. The number of amides is 1. The van der Waals surface area contributed by atoms with E-state index in [4.69, 9.17) is 5.21 Å². The Hall–Kier alpha value is -2.71.